The van der Waals surface area contributed by atoms with Crippen LogP contribution >= 0.6 is 0 Å². The molecule has 0 saturated carbocycles. The molecule has 100 valence electrons. The maximum Gasteiger partial charge on any atom is 0.163 e. The zero-order valence-electron chi connectivity index (χ0n) is 11.3. The molecule has 0 radical (unpaired) electrons. The van der Waals surface area contributed by atoms with Crippen LogP contribution < -0.4 is 9.47 Å². The summed E-state index contributed by atoms with van der Waals surface area (Å²) < 4.78 is 22.2. The predicted molar refractivity (Wildman–Crippen MR) is 68.0 cm³/mol. The quantitative estimate of drug-likeness (QED) is 0.825. The fraction of sp³-hybridized carbons (Fsp3) is 0.571. The Morgan fingerprint density at radius 2 is 1.83 bits per heavy atom. The molecule has 1 heterocycles. The Kier molecular flexibility index (Phi) is 3.78. The Morgan fingerprint density at radius 1 is 1.22 bits per heavy atom. The van der Waals surface area contributed by atoms with Gasteiger partial charge < -0.3 is 18.9 Å². The van der Waals surface area contributed by atoms with Crippen LogP contribution in [0.3, 0.4) is 0 Å². The van der Waals surface area contributed by atoms with Crippen LogP contribution in [-0.4, -0.2) is 31.7 Å². The van der Waals surface area contributed by atoms with Crippen molar-refractivity contribution < 1.29 is 18.9 Å². The lowest BCUT2D eigenvalue weighted by molar-refractivity contribution is -0.147. The van der Waals surface area contributed by atoms with E-state index in [2.05, 4.69) is 0 Å². The van der Waals surface area contributed by atoms with E-state index >= 15 is 0 Å². The van der Waals surface area contributed by atoms with Crippen LogP contribution in [0.4, 0.5) is 0 Å². The van der Waals surface area contributed by atoms with Crippen molar-refractivity contribution in [3.8, 4) is 11.5 Å². The maximum atomic E-state index is 5.83. The van der Waals surface area contributed by atoms with Gasteiger partial charge >= 0.3 is 0 Å². The largest absolute Gasteiger partial charge is 0.497 e. The number of hydrogen-bond donors (Lipinski definition) is 0. The smallest absolute Gasteiger partial charge is 0.163 e. The molecule has 1 aromatic carbocycles. The highest BCUT2D eigenvalue weighted by Gasteiger charge is 2.36. The fourth-order valence-corrected chi connectivity index (χ4v) is 1.89. The molecule has 1 aromatic rings. The van der Waals surface area contributed by atoms with E-state index in [-0.39, 0.29) is 12.2 Å². The monoisotopic (exact) mass is 252 g/mol. The van der Waals surface area contributed by atoms with Crippen LogP contribution in [0.1, 0.15) is 20.8 Å². The number of rotatable bonds is 4. The SMILES string of the molecule is COc1ccc(O[C@@H](C)[C@H]2COC(C)(C)O2)cc1. The van der Waals surface area contributed by atoms with Crippen molar-refractivity contribution >= 4 is 0 Å². The Labute approximate surface area is 108 Å². The van der Waals surface area contributed by atoms with Gasteiger partial charge in [-0.1, -0.05) is 0 Å². The number of methoxy groups -OCH3 is 1. The molecule has 1 fully saturated rings. The molecule has 0 bridgehead atoms. The zero-order chi connectivity index (χ0) is 13.2. The molecule has 1 aliphatic rings. The van der Waals surface area contributed by atoms with Gasteiger partial charge in [-0.3, -0.25) is 0 Å². The third-order valence-corrected chi connectivity index (χ3v) is 2.94. The van der Waals surface area contributed by atoms with Crippen LogP contribution in [0.2, 0.25) is 0 Å². The molecule has 4 heteroatoms. The molecule has 1 aliphatic heterocycles. The van der Waals surface area contributed by atoms with Crippen LogP contribution in [0.15, 0.2) is 24.3 Å². The minimum atomic E-state index is -0.512. The summed E-state index contributed by atoms with van der Waals surface area (Å²) in [6, 6.07) is 7.52. The zero-order valence-corrected chi connectivity index (χ0v) is 11.3. The molecule has 0 amide bonds. The van der Waals surface area contributed by atoms with E-state index in [4.69, 9.17) is 18.9 Å². The van der Waals surface area contributed by atoms with E-state index in [1.54, 1.807) is 7.11 Å². The van der Waals surface area contributed by atoms with Gasteiger partial charge in [-0.2, -0.15) is 0 Å². The van der Waals surface area contributed by atoms with Crippen LogP contribution in [0.5, 0.6) is 11.5 Å². The van der Waals surface area contributed by atoms with Crippen molar-refractivity contribution in [3.63, 3.8) is 0 Å². The average molecular weight is 252 g/mol. The van der Waals surface area contributed by atoms with Crippen molar-refractivity contribution in [3.05, 3.63) is 24.3 Å². The Hall–Kier alpha value is -1.26. The highest BCUT2D eigenvalue weighted by molar-refractivity contribution is 5.31. The first-order valence-electron chi connectivity index (χ1n) is 6.13. The predicted octanol–water partition coefficient (Wildman–Crippen LogP) is 2.61. The molecule has 2 atom stereocenters. The highest BCUT2D eigenvalue weighted by atomic mass is 16.7. The van der Waals surface area contributed by atoms with E-state index in [1.165, 1.54) is 0 Å². The van der Waals surface area contributed by atoms with Gasteiger partial charge in [0.25, 0.3) is 0 Å². The Morgan fingerprint density at radius 3 is 2.33 bits per heavy atom. The van der Waals surface area contributed by atoms with Crippen molar-refractivity contribution in [2.45, 2.75) is 38.8 Å². The minimum absolute atomic E-state index is 0.0397. The van der Waals surface area contributed by atoms with Gasteiger partial charge in [0.2, 0.25) is 0 Å². The van der Waals surface area contributed by atoms with Crippen LogP contribution in [0, 0.1) is 0 Å². The summed E-state index contributed by atoms with van der Waals surface area (Å²) in [7, 11) is 1.64. The van der Waals surface area contributed by atoms with Crippen molar-refractivity contribution in [1.29, 1.82) is 0 Å². The van der Waals surface area contributed by atoms with E-state index in [0.717, 1.165) is 11.5 Å². The molecule has 0 unspecified atom stereocenters. The summed E-state index contributed by atoms with van der Waals surface area (Å²) in [6.45, 7) is 6.37. The molecule has 18 heavy (non-hydrogen) atoms. The third-order valence-electron chi connectivity index (χ3n) is 2.94. The Balaban J connectivity index is 1.92. The summed E-state index contributed by atoms with van der Waals surface area (Å²) in [6.07, 6.45) is -0.0951. The fourth-order valence-electron chi connectivity index (χ4n) is 1.89. The van der Waals surface area contributed by atoms with Gasteiger partial charge in [0, 0.05) is 0 Å². The molecule has 1 saturated heterocycles. The van der Waals surface area contributed by atoms with Gasteiger partial charge in [0.1, 0.15) is 23.7 Å². The number of benzene rings is 1. The van der Waals surface area contributed by atoms with Gasteiger partial charge in [-0.25, -0.2) is 0 Å². The Bertz CT molecular complexity index is 385. The summed E-state index contributed by atoms with van der Waals surface area (Å²) in [5, 5.41) is 0. The molecule has 0 aliphatic carbocycles. The first kappa shape index (κ1) is 13.2. The minimum Gasteiger partial charge on any atom is -0.497 e. The summed E-state index contributed by atoms with van der Waals surface area (Å²) in [4.78, 5) is 0. The second kappa shape index (κ2) is 5.16. The topological polar surface area (TPSA) is 36.9 Å². The van der Waals surface area contributed by atoms with Crippen LogP contribution in [0.25, 0.3) is 0 Å². The highest BCUT2D eigenvalue weighted by Crippen LogP contribution is 2.26. The van der Waals surface area contributed by atoms with Crippen molar-refractivity contribution in [2.24, 2.45) is 0 Å². The molecule has 0 aromatic heterocycles. The summed E-state index contributed by atoms with van der Waals surface area (Å²) >= 11 is 0. The van der Waals surface area contributed by atoms with E-state index in [1.807, 2.05) is 45.0 Å². The third kappa shape index (κ3) is 3.15. The van der Waals surface area contributed by atoms with Gasteiger partial charge in [0.15, 0.2) is 5.79 Å². The number of ether oxygens (including phenoxy) is 4. The lowest BCUT2D eigenvalue weighted by Gasteiger charge is -2.22. The average Bonchev–Trinajstić information content (AvgIpc) is 2.71. The second-order valence-electron chi connectivity index (χ2n) is 4.87. The standard InChI is InChI=1S/C14H20O4/c1-10(13-9-16-14(2,3)18-13)17-12-7-5-11(15-4)6-8-12/h5-8,10,13H,9H2,1-4H3/t10-,13+/m0/s1. The lowest BCUT2D eigenvalue weighted by Crippen LogP contribution is -2.32. The maximum absolute atomic E-state index is 5.83. The summed E-state index contributed by atoms with van der Waals surface area (Å²) in [5.74, 6) is 1.11. The van der Waals surface area contributed by atoms with E-state index in [0.29, 0.717) is 6.61 Å². The van der Waals surface area contributed by atoms with E-state index < -0.39 is 5.79 Å². The summed E-state index contributed by atoms with van der Waals surface area (Å²) in [5.41, 5.74) is 0. The molecule has 0 spiro atoms. The van der Waals surface area contributed by atoms with Gasteiger partial charge in [-0.05, 0) is 45.0 Å². The van der Waals surface area contributed by atoms with Gasteiger partial charge in [0.05, 0.1) is 13.7 Å². The molecular formula is C14H20O4. The first-order chi connectivity index (χ1) is 8.50. The van der Waals surface area contributed by atoms with E-state index in [9.17, 15) is 0 Å². The van der Waals surface area contributed by atoms with Crippen molar-refractivity contribution in [2.75, 3.05) is 13.7 Å². The molecular weight excluding hydrogens is 232 g/mol. The normalized spacial score (nSPS) is 23.7. The van der Waals surface area contributed by atoms with Crippen molar-refractivity contribution in [1.82, 2.24) is 0 Å². The van der Waals surface area contributed by atoms with Gasteiger partial charge in [-0.15, -0.1) is 0 Å². The molecule has 2 rings (SSSR count). The lowest BCUT2D eigenvalue weighted by atomic mass is 10.2. The first-order valence-corrected chi connectivity index (χ1v) is 6.13. The molecule has 4 nitrogen and oxygen atoms in total. The van der Waals surface area contributed by atoms with Crippen LogP contribution in [-0.2, 0) is 9.47 Å². The number of hydrogen-bond acceptors (Lipinski definition) is 4. The molecule has 0 N–H and O–H groups in total. The second-order valence-corrected chi connectivity index (χ2v) is 4.87.